The quantitative estimate of drug-likeness (QED) is 0.910. The molecule has 0 fully saturated rings. The average molecular weight is 287 g/mol. The van der Waals surface area contributed by atoms with Crippen molar-refractivity contribution in [3.05, 3.63) is 59.2 Å². The maximum absolute atomic E-state index is 12.9. The summed E-state index contributed by atoms with van der Waals surface area (Å²) in [7, 11) is 0. The third kappa shape index (κ3) is 3.03. The summed E-state index contributed by atoms with van der Waals surface area (Å²) in [5.41, 5.74) is 3.60. The molecule has 3 heteroatoms. The Labute approximate surface area is 125 Å². The van der Waals surface area contributed by atoms with Gasteiger partial charge in [0.15, 0.2) is 0 Å². The maximum atomic E-state index is 12.9. The molecule has 112 valence electrons. The van der Waals surface area contributed by atoms with Crippen LogP contribution in [0.4, 0.5) is 4.39 Å². The number of aryl methyl sites for hydroxylation is 2. The van der Waals surface area contributed by atoms with Crippen LogP contribution in [0.5, 0.6) is 0 Å². The van der Waals surface area contributed by atoms with Crippen LogP contribution in [-0.4, -0.2) is 9.67 Å². The first-order valence-corrected chi connectivity index (χ1v) is 7.55. The summed E-state index contributed by atoms with van der Waals surface area (Å²) in [6.45, 7) is 5.27. The minimum absolute atomic E-state index is 0.137. The molecule has 1 unspecified atom stereocenters. The maximum Gasteiger partial charge on any atom is 0.123 e. The van der Waals surface area contributed by atoms with Gasteiger partial charge in [-0.3, -0.25) is 0 Å². The third-order valence-electron chi connectivity index (χ3n) is 4.42. The number of halogens is 1. The molecule has 0 spiro atoms. The molecule has 2 nitrogen and oxygen atoms in total. The van der Waals surface area contributed by atoms with Gasteiger partial charge in [-0.2, -0.15) is 0 Å². The van der Waals surface area contributed by atoms with Crippen LogP contribution < -0.4 is 0 Å². The second kappa shape index (κ2) is 5.30. The van der Waals surface area contributed by atoms with Gasteiger partial charge in [0.1, 0.15) is 5.82 Å². The van der Waals surface area contributed by atoms with Crippen molar-refractivity contribution in [3.8, 4) is 0 Å². The zero-order chi connectivity index (χ0) is 15.0. The van der Waals surface area contributed by atoms with Crippen molar-refractivity contribution < 1.29 is 9.50 Å². The fourth-order valence-electron chi connectivity index (χ4n) is 3.30. The van der Waals surface area contributed by atoms with E-state index in [1.807, 2.05) is 18.2 Å². The minimum atomic E-state index is -0.351. The second-order valence-corrected chi connectivity index (χ2v) is 6.85. The molecular weight excluding hydrogens is 265 g/mol. The Hall–Kier alpha value is -1.61. The number of benzene rings is 1. The number of aliphatic hydroxyl groups is 1. The highest BCUT2D eigenvalue weighted by Crippen LogP contribution is 2.41. The van der Waals surface area contributed by atoms with Crippen molar-refractivity contribution in [2.45, 2.75) is 45.8 Å². The topological polar surface area (TPSA) is 25.2 Å². The lowest BCUT2D eigenvalue weighted by Gasteiger charge is -2.34. The Bertz CT molecular complexity index is 627. The summed E-state index contributed by atoms with van der Waals surface area (Å²) in [4.78, 5) is 0. The smallest absolute Gasteiger partial charge is 0.123 e. The Morgan fingerprint density at radius 2 is 1.95 bits per heavy atom. The fourth-order valence-corrected chi connectivity index (χ4v) is 3.30. The highest BCUT2D eigenvalue weighted by Gasteiger charge is 2.32. The van der Waals surface area contributed by atoms with E-state index in [2.05, 4.69) is 24.6 Å². The first-order valence-electron chi connectivity index (χ1n) is 7.55. The molecule has 1 N–H and O–H groups in total. The third-order valence-corrected chi connectivity index (χ3v) is 4.42. The molecule has 1 aromatic heterocycles. The van der Waals surface area contributed by atoms with Crippen molar-refractivity contribution in [1.82, 2.24) is 4.57 Å². The SMILES string of the molecule is CC1(C)Cc2c(ccn2CCc2ccc(F)cc2)C(O)C1. The molecule has 0 amide bonds. The molecule has 21 heavy (non-hydrogen) atoms. The monoisotopic (exact) mass is 287 g/mol. The minimum Gasteiger partial charge on any atom is -0.388 e. The lowest BCUT2D eigenvalue weighted by atomic mass is 9.75. The number of rotatable bonds is 3. The van der Waals surface area contributed by atoms with Crippen LogP contribution in [0.3, 0.4) is 0 Å². The first kappa shape index (κ1) is 14.3. The number of hydrogen-bond donors (Lipinski definition) is 1. The highest BCUT2D eigenvalue weighted by molar-refractivity contribution is 5.29. The summed E-state index contributed by atoms with van der Waals surface area (Å²) >= 11 is 0. The van der Waals surface area contributed by atoms with Crippen LogP contribution >= 0.6 is 0 Å². The molecule has 0 saturated carbocycles. The molecule has 0 bridgehead atoms. The van der Waals surface area contributed by atoms with Crippen molar-refractivity contribution in [3.63, 3.8) is 0 Å². The predicted octanol–water partition coefficient (Wildman–Crippen LogP) is 3.88. The number of hydrogen-bond acceptors (Lipinski definition) is 1. The Morgan fingerprint density at radius 3 is 2.67 bits per heavy atom. The molecule has 2 aromatic rings. The molecule has 0 aliphatic heterocycles. The van der Waals surface area contributed by atoms with Gasteiger partial charge in [-0.05, 0) is 48.4 Å². The van der Waals surface area contributed by atoms with Gasteiger partial charge in [-0.15, -0.1) is 0 Å². The first-order chi connectivity index (χ1) is 9.94. The fraction of sp³-hybridized carbons (Fsp3) is 0.444. The van der Waals surface area contributed by atoms with Crippen molar-refractivity contribution in [1.29, 1.82) is 0 Å². The van der Waals surface area contributed by atoms with Crippen LogP contribution in [0.2, 0.25) is 0 Å². The normalized spacial score (nSPS) is 20.3. The van der Waals surface area contributed by atoms with Crippen molar-refractivity contribution in [2.24, 2.45) is 5.41 Å². The number of aliphatic hydroxyl groups excluding tert-OH is 1. The summed E-state index contributed by atoms with van der Waals surface area (Å²) in [6.07, 6.45) is 4.41. The lowest BCUT2D eigenvalue weighted by molar-refractivity contribution is 0.0979. The van der Waals surface area contributed by atoms with E-state index >= 15 is 0 Å². The Kier molecular flexibility index (Phi) is 3.62. The molecule has 0 saturated heterocycles. The van der Waals surface area contributed by atoms with E-state index in [-0.39, 0.29) is 17.3 Å². The van der Waals surface area contributed by atoms with Crippen LogP contribution in [0.1, 0.15) is 43.2 Å². The molecule has 1 atom stereocenters. The largest absolute Gasteiger partial charge is 0.388 e. The Balaban J connectivity index is 1.77. The zero-order valence-electron chi connectivity index (χ0n) is 12.6. The van der Waals surface area contributed by atoms with Crippen LogP contribution in [0.15, 0.2) is 36.5 Å². The second-order valence-electron chi connectivity index (χ2n) is 6.85. The predicted molar refractivity (Wildman–Crippen MR) is 81.6 cm³/mol. The van der Waals surface area contributed by atoms with E-state index in [4.69, 9.17) is 0 Å². The molecule has 3 rings (SSSR count). The van der Waals surface area contributed by atoms with Gasteiger partial charge in [0.25, 0.3) is 0 Å². The summed E-state index contributed by atoms with van der Waals surface area (Å²) in [5, 5.41) is 10.3. The number of aromatic nitrogens is 1. The van der Waals surface area contributed by atoms with E-state index in [0.717, 1.165) is 36.9 Å². The van der Waals surface area contributed by atoms with Gasteiger partial charge in [0.2, 0.25) is 0 Å². The van der Waals surface area contributed by atoms with E-state index in [1.54, 1.807) is 0 Å². The average Bonchev–Trinajstić information content (AvgIpc) is 2.80. The summed E-state index contributed by atoms with van der Waals surface area (Å²) in [6, 6.07) is 8.73. The van der Waals surface area contributed by atoms with Gasteiger partial charge in [-0.1, -0.05) is 26.0 Å². The van der Waals surface area contributed by atoms with Crippen LogP contribution in [0.25, 0.3) is 0 Å². The molecule has 1 aliphatic rings. The van der Waals surface area contributed by atoms with E-state index in [1.165, 1.54) is 17.8 Å². The molecule has 0 radical (unpaired) electrons. The van der Waals surface area contributed by atoms with Gasteiger partial charge in [-0.25, -0.2) is 4.39 Å². The van der Waals surface area contributed by atoms with Gasteiger partial charge in [0, 0.05) is 24.0 Å². The zero-order valence-corrected chi connectivity index (χ0v) is 12.6. The molecule has 1 aliphatic carbocycles. The van der Waals surface area contributed by atoms with Crippen LogP contribution in [-0.2, 0) is 19.4 Å². The standard InChI is InChI=1S/C18H22FNO/c1-18(2)11-16-15(17(21)12-18)8-10-20(16)9-7-13-3-5-14(19)6-4-13/h3-6,8,10,17,21H,7,9,11-12H2,1-2H3. The number of nitrogens with zero attached hydrogens (tertiary/aromatic N) is 1. The number of fused-ring (bicyclic) bond motifs is 1. The summed E-state index contributed by atoms with van der Waals surface area (Å²) < 4.78 is 15.2. The van der Waals surface area contributed by atoms with Crippen molar-refractivity contribution >= 4 is 0 Å². The van der Waals surface area contributed by atoms with E-state index in [0.29, 0.717) is 0 Å². The molecular formula is C18H22FNO. The highest BCUT2D eigenvalue weighted by atomic mass is 19.1. The van der Waals surface area contributed by atoms with Gasteiger partial charge < -0.3 is 9.67 Å². The van der Waals surface area contributed by atoms with Crippen molar-refractivity contribution in [2.75, 3.05) is 0 Å². The molecule has 1 heterocycles. The van der Waals surface area contributed by atoms with Gasteiger partial charge >= 0.3 is 0 Å². The lowest BCUT2D eigenvalue weighted by Crippen LogP contribution is -2.27. The van der Waals surface area contributed by atoms with E-state index in [9.17, 15) is 9.50 Å². The molecule has 1 aromatic carbocycles. The summed E-state index contributed by atoms with van der Waals surface area (Å²) in [5.74, 6) is -0.193. The van der Waals surface area contributed by atoms with Crippen LogP contribution in [0, 0.1) is 11.2 Å². The van der Waals surface area contributed by atoms with Gasteiger partial charge in [0.05, 0.1) is 6.10 Å². The van der Waals surface area contributed by atoms with E-state index < -0.39 is 0 Å². The Morgan fingerprint density at radius 1 is 1.24 bits per heavy atom.